The van der Waals surface area contributed by atoms with Gasteiger partial charge in [-0.3, -0.25) is 23.7 Å². The van der Waals surface area contributed by atoms with Gasteiger partial charge in [-0.25, -0.2) is 0 Å². The van der Waals surface area contributed by atoms with Gasteiger partial charge in [-0.2, -0.15) is 0 Å². The van der Waals surface area contributed by atoms with Crippen LogP contribution < -0.4 is 21.3 Å². The Morgan fingerprint density at radius 2 is 1.68 bits per heavy atom. The summed E-state index contributed by atoms with van der Waals surface area (Å²) in [6.07, 6.45) is 1.20. The summed E-state index contributed by atoms with van der Waals surface area (Å²) in [5, 5.41) is 4.02. The highest BCUT2D eigenvalue weighted by Gasteiger charge is 2.30. The third-order valence-corrected chi connectivity index (χ3v) is 7.43. The van der Waals surface area contributed by atoms with Gasteiger partial charge in [0.15, 0.2) is 17.2 Å². The first-order valence-corrected chi connectivity index (χ1v) is 12.9. The number of nitrogens with two attached hydrogens (primary N) is 1. The molecule has 0 saturated carbocycles. The van der Waals surface area contributed by atoms with Crippen LogP contribution in [-0.4, -0.2) is 64.4 Å². The van der Waals surface area contributed by atoms with Crippen molar-refractivity contribution in [3.63, 3.8) is 0 Å². The fraction of sp³-hybridized carbons (Fsp3) is 0.310. The number of ketones is 1. The Morgan fingerprint density at radius 3 is 2.33 bits per heavy atom. The Morgan fingerprint density at radius 1 is 1.02 bits per heavy atom. The highest BCUT2D eigenvalue weighted by Crippen LogP contribution is 2.35. The molecule has 0 aliphatic carbocycles. The molecule has 11 heteroatoms. The predicted octanol–water partition coefficient (Wildman–Crippen LogP) is 2.49. The van der Waals surface area contributed by atoms with E-state index in [-0.39, 0.29) is 66.0 Å². The Kier molecular flexibility index (Phi) is 8.61. The van der Waals surface area contributed by atoms with Crippen molar-refractivity contribution in [2.24, 2.45) is 12.8 Å². The number of piperidine rings is 1. The van der Waals surface area contributed by atoms with E-state index in [0.29, 0.717) is 42.5 Å². The van der Waals surface area contributed by atoms with Gasteiger partial charge in [0, 0.05) is 37.1 Å². The van der Waals surface area contributed by atoms with Crippen molar-refractivity contribution in [1.82, 2.24) is 19.4 Å². The summed E-state index contributed by atoms with van der Waals surface area (Å²) in [7, 11) is 3.16. The molecule has 0 unspecified atom stereocenters. The first-order chi connectivity index (χ1) is 18.8. The topological polar surface area (TPSA) is 129 Å². The van der Waals surface area contributed by atoms with Crippen molar-refractivity contribution in [2.75, 3.05) is 26.7 Å². The van der Waals surface area contributed by atoms with E-state index in [1.165, 1.54) is 11.7 Å². The molecule has 2 aromatic heterocycles. The molecule has 1 aliphatic heterocycles. The second kappa shape index (κ2) is 11.9. The number of pyridine rings is 1. The summed E-state index contributed by atoms with van der Waals surface area (Å²) in [6.45, 7) is 0.835. The number of aromatic nitrogens is 2. The van der Waals surface area contributed by atoms with E-state index in [4.69, 9.17) is 10.5 Å². The molecule has 40 heavy (non-hydrogen) atoms. The number of benzene rings is 2. The number of carbonyl (C=O) groups is 3. The zero-order valence-corrected chi connectivity index (χ0v) is 23.2. The van der Waals surface area contributed by atoms with E-state index >= 15 is 0 Å². The summed E-state index contributed by atoms with van der Waals surface area (Å²) in [6, 6.07) is 16.0. The fourth-order valence-electron chi connectivity index (χ4n) is 5.45. The lowest BCUT2D eigenvalue weighted by atomic mass is 10.0. The highest BCUT2D eigenvalue weighted by atomic mass is 35.5. The van der Waals surface area contributed by atoms with Gasteiger partial charge in [-0.1, -0.05) is 48.5 Å². The van der Waals surface area contributed by atoms with Crippen molar-refractivity contribution < 1.29 is 19.1 Å². The number of likely N-dealkylation sites (tertiary alicyclic amines) is 1. The predicted molar refractivity (Wildman–Crippen MR) is 155 cm³/mol. The molecule has 0 radical (unpaired) electrons. The zero-order valence-electron chi connectivity index (χ0n) is 22.4. The van der Waals surface area contributed by atoms with Gasteiger partial charge in [0.1, 0.15) is 5.39 Å². The summed E-state index contributed by atoms with van der Waals surface area (Å²) >= 11 is 0. The van der Waals surface area contributed by atoms with Crippen molar-refractivity contribution in [1.29, 1.82) is 0 Å². The third kappa shape index (κ3) is 5.07. The number of methoxy groups -OCH3 is 1. The second-order valence-corrected chi connectivity index (χ2v) is 9.69. The largest absolute Gasteiger partial charge is 0.493 e. The smallest absolute Gasteiger partial charge is 0.272 e. The molecule has 0 bridgehead atoms. The number of hydrogen-bond acceptors (Lipinski definition) is 6. The Balaban J connectivity index is 0.00000370. The maximum atomic E-state index is 13.9. The van der Waals surface area contributed by atoms with Crippen LogP contribution in [0.4, 0.5) is 0 Å². The lowest BCUT2D eigenvalue weighted by Gasteiger charge is -2.32. The van der Waals surface area contributed by atoms with Crippen LogP contribution in [0.2, 0.25) is 0 Å². The molecular formula is C29H32ClN5O5. The van der Waals surface area contributed by atoms with Gasteiger partial charge in [-0.15, -0.1) is 12.4 Å². The van der Waals surface area contributed by atoms with Crippen LogP contribution in [0.25, 0.3) is 21.8 Å². The molecule has 0 atom stereocenters. The van der Waals surface area contributed by atoms with Gasteiger partial charge in [0.05, 0.1) is 31.2 Å². The number of nitrogens with zero attached hydrogens (tertiary/aromatic N) is 3. The van der Waals surface area contributed by atoms with E-state index in [0.717, 1.165) is 5.39 Å². The minimum absolute atomic E-state index is 0. The van der Waals surface area contributed by atoms with E-state index in [1.807, 2.05) is 24.3 Å². The van der Waals surface area contributed by atoms with E-state index < -0.39 is 5.56 Å². The first kappa shape index (κ1) is 28.8. The molecule has 2 amide bonds. The number of carbonyl (C=O) groups excluding carboxylic acids is 3. The Labute approximate surface area is 237 Å². The molecule has 1 aliphatic rings. The van der Waals surface area contributed by atoms with E-state index in [1.54, 1.807) is 46.8 Å². The van der Waals surface area contributed by atoms with Crippen LogP contribution in [0.1, 0.15) is 33.7 Å². The SMILES string of the molecule is COc1c(C(=O)NC2CCN(C(=O)CN)CC2)n(C)c2c1c(=O)n(CC(=O)c1ccccc1)c1ccccc21.Cl. The van der Waals surface area contributed by atoms with Gasteiger partial charge >= 0.3 is 0 Å². The number of ether oxygens (including phenoxy) is 1. The zero-order chi connectivity index (χ0) is 27.7. The minimum atomic E-state index is -0.409. The summed E-state index contributed by atoms with van der Waals surface area (Å²) in [5.74, 6) is -0.513. The maximum absolute atomic E-state index is 13.9. The Bertz CT molecular complexity index is 1640. The number of halogens is 1. The summed E-state index contributed by atoms with van der Waals surface area (Å²) in [5.41, 5.74) is 6.95. The van der Waals surface area contributed by atoms with Crippen molar-refractivity contribution in [2.45, 2.75) is 25.4 Å². The normalized spacial score (nSPS) is 13.7. The molecule has 210 valence electrons. The molecule has 0 spiro atoms. The summed E-state index contributed by atoms with van der Waals surface area (Å²) in [4.78, 5) is 54.2. The number of fused-ring (bicyclic) bond motifs is 3. The number of aryl methyl sites for hydroxylation is 1. The number of nitrogens with one attached hydrogen (secondary N) is 1. The van der Waals surface area contributed by atoms with E-state index in [2.05, 4.69) is 5.32 Å². The number of Topliss-reactive ketones (excluding diaryl/α,β-unsaturated/α-hetero) is 1. The monoisotopic (exact) mass is 565 g/mol. The molecule has 3 heterocycles. The van der Waals surface area contributed by atoms with Crippen LogP contribution in [0, 0.1) is 0 Å². The van der Waals surface area contributed by atoms with E-state index in [9.17, 15) is 19.2 Å². The number of hydrogen-bond donors (Lipinski definition) is 2. The van der Waals surface area contributed by atoms with Crippen LogP contribution in [0.5, 0.6) is 5.75 Å². The van der Waals surface area contributed by atoms with Crippen molar-refractivity contribution in [3.05, 3.63) is 76.2 Å². The highest BCUT2D eigenvalue weighted by molar-refractivity contribution is 6.12. The first-order valence-electron chi connectivity index (χ1n) is 12.9. The van der Waals surface area contributed by atoms with Crippen LogP contribution in [-0.2, 0) is 18.4 Å². The van der Waals surface area contributed by atoms with Crippen LogP contribution in [0.15, 0.2) is 59.4 Å². The second-order valence-electron chi connectivity index (χ2n) is 9.69. The van der Waals surface area contributed by atoms with Gasteiger partial charge < -0.3 is 25.3 Å². The molecule has 5 rings (SSSR count). The summed E-state index contributed by atoms with van der Waals surface area (Å²) < 4.78 is 8.81. The molecule has 1 fully saturated rings. The third-order valence-electron chi connectivity index (χ3n) is 7.43. The molecule has 1 saturated heterocycles. The Hall–Kier alpha value is -4.15. The minimum Gasteiger partial charge on any atom is -0.493 e. The standard InChI is InChI=1S/C29H31N5O5.ClH/c1-32-25-20-10-6-7-11-21(20)34(17-22(35)18-8-4-3-5-9-18)29(38)24(25)27(39-2)26(32)28(37)31-19-12-14-33(15-13-19)23(36)16-30;/h3-11,19H,12-17,30H2,1-2H3,(H,31,37);1H. The molecule has 10 nitrogen and oxygen atoms in total. The number of para-hydroxylation sites is 1. The number of amides is 2. The quantitative estimate of drug-likeness (QED) is 0.331. The van der Waals surface area contributed by atoms with Gasteiger partial charge in [-0.05, 0) is 18.9 Å². The molecule has 4 aromatic rings. The average Bonchev–Trinajstić information content (AvgIpc) is 3.28. The van der Waals surface area contributed by atoms with Crippen molar-refractivity contribution >= 4 is 51.8 Å². The van der Waals surface area contributed by atoms with Crippen molar-refractivity contribution in [3.8, 4) is 5.75 Å². The lowest BCUT2D eigenvalue weighted by Crippen LogP contribution is -2.48. The molecular weight excluding hydrogens is 534 g/mol. The fourth-order valence-corrected chi connectivity index (χ4v) is 5.45. The number of rotatable bonds is 7. The molecule has 3 N–H and O–H groups in total. The average molecular weight is 566 g/mol. The lowest BCUT2D eigenvalue weighted by molar-refractivity contribution is -0.130. The van der Waals surface area contributed by atoms with Gasteiger partial charge in [0.2, 0.25) is 5.91 Å². The van der Waals surface area contributed by atoms with Crippen LogP contribution >= 0.6 is 12.4 Å². The van der Waals surface area contributed by atoms with Gasteiger partial charge in [0.25, 0.3) is 11.5 Å². The maximum Gasteiger partial charge on any atom is 0.272 e. The van der Waals surface area contributed by atoms with Crippen LogP contribution in [0.3, 0.4) is 0 Å². The molecule has 2 aromatic carbocycles.